The van der Waals surface area contributed by atoms with E-state index in [1.165, 1.54) is 24.3 Å². The van der Waals surface area contributed by atoms with Crippen molar-refractivity contribution in [1.29, 1.82) is 0 Å². The van der Waals surface area contributed by atoms with Crippen LogP contribution in [-0.4, -0.2) is 42.2 Å². The fourth-order valence-electron chi connectivity index (χ4n) is 1.46. The second-order valence-corrected chi connectivity index (χ2v) is 3.43. The number of carboxylic acid groups (broad SMARTS) is 1. The summed E-state index contributed by atoms with van der Waals surface area (Å²) in [5.74, 6) is -1.30. The number of aliphatic carboxylic acids is 1. The van der Waals surface area contributed by atoms with Gasteiger partial charge in [0.2, 0.25) is 0 Å². The molecule has 6 heteroatoms. The molecular formula is C12H14N2O4. The Balaban J connectivity index is 3.14. The Hall–Kier alpha value is -2.37. The Morgan fingerprint density at radius 2 is 2.33 bits per heavy atom. The number of anilines is 1. The van der Waals surface area contributed by atoms with Crippen molar-refractivity contribution < 1.29 is 19.4 Å². The number of carbonyl (C=O) groups excluding carboxylic acids is 1. The van der Waals surface area contributed by atoms with Gasteiger partial charge >= 0.3 is 11.9 Å². The number of carboxylic acids is 1. The van der Waals surface area contributed by atoms with E-state index in [0.29, 0.717) is 0 Å². The van der Waals surface area contributed by atoms with Crippen LogP contribution in [0.25, 0.3) is 0 Å². The number of hydrogen-bond donors (Lipinski definition) is 1. The van der Waals surface area contributed by atoms with Gasteiger partial charge in [-0.15, -0.1) is 6.58 Å². The fourth-order valence-corrected chi connectivity index (χ4v) is 1.46. The lowest BCUT2D eigenvalue weighted by Crippen LogP contribution is -2.32. The molecule has 0 radical (unpaired) electrons. The van der Waals surface area contributed by atoms with E-state index in [-0.39, 0.29) is 24.5 Å². The Kier molecular flexibility index (Phi) is 4.86. The standard InChI is InChI=1S/C12H14N2O4/c1-3-7-14(8-10(15)16)11-9(12(17)18-2)5-4-6-13-11/h3-6H,1,7-8H2,2H3,(H,15,16). The van der Waals surface area contributed by atoms with Gasteiger partial charge in [-0.25, -0.2) is 9.78 Å². The van der Waals surface area contributed by atoms with Gasteiger partial charge in [-0.1, -0.05) is 6.08 Å². The molecule has 0 aromatic carbocycles. The number of nitrogens with zero attached hydrogens (tertiary/aromatic N) is 2. The van der Waals surface area contributed by atoms with Crippen molar-refractivity contribution in [2.75, 3.05) is 25.1 Å². The molecule has 1 heterocycles. The molecule has 0 saturated heterocycles. The summed E-state index contributed by atoms with van der Waals surface area (Å²) >= 11 is 0. The monoisotopic (exact) mass is 250 g/mol. The molecule has 0 aliphatic rings. The highest BCUT2D eigenvalue weighted by Gasteiger charge is 2.19. The molecule has 18 heavy (non-hydrogen) atoms. The van der Waals surface area contributed by atoms with Crippen LogP contribution in [0, 0.1) is 0 Å². The third kappa shape index (κ3) is 3.31. The van der Waals surface area contributed by atoms with E-state index in [1.807, 2.05) is 0 Å². The lowest BCUT2D eigenvalue weighted by atomic mass is 10.2. The molecule has 0 aliphatic heterocycles. The van der Waals surface area contributed by atoms with Crippen LogP contribution in [0.4, 0.5) is 5.82 Å². The molecule has 0 bridgehead atoms. The number of aromatic nitrogens is 1. The van der Waals surface area contributed by atoms with E-state index in [0.717, 1.165) is 0 Å². The number of carbonyl (C=O) groups is 2. The van der Waals surface area contributed by atoms with E-state index in [2.05, 4.69) is 16.3 Å². The smallest absolute Gasteiger partial charge is 0.341 e. The van der Waals surface area contributed by atoms with E-state index in [4.69, 9.17) is 5.11 Å². The molecule has 0 amide bonds. The third-order valence-corrected chi connectivity index (χ3v) is 2.17. The molecule has 0 atom stereocenters. The van der Waals surface area contributed by atoms with Gasteiger partial charge in [0.25, 0.3) is 0 Å². The number of ether oxygens (including phenoxy) is 1. The van der Waals surface area contributed by atoms with Crippen molar-refractivity contribution in [1.82, 2.24) is 4.98 Å². The number of esters is 1. The van der Waals surface area contributed by atoms with Gasteiger partial charge in [0.05, 0.1) is 7.11 Å². The van der Waals surface area contributed by atoms with Crippen LogP contribution < -0.4 is 4.90 Å². The van der Waals surface area contributed by atoms with Crippen LogP contribution in [0.2, 0.25) is 0 Å². The molecule has 0 fully saturated rings. The predicted molar refractivity (Wildman–Crippen MR) is 65.6 cm³/mol. The molecule has 0 aliphatic carbocycles. The molecule has 0 unspecified atom stereocenters. The molecule has 1 aromatic heterocycles. The summed E-state index contributed by atoms with van der Waals surface area (Å²) in [6.45, 7) is 3.55. The number of methoxy groups -OCH3 is 1. The maximum atomic E-state index is 11.6. The summed E-state index contributed by atoms with van der Waals surface area (Å²) in [7, 11) is 1.26. The van der Waals surface area contributed by atoms with Gasteiger partial charge in [0.15, 0.2) is 0 Å². The Morgan fingerprint density at radius 1 is 1.61 bits per heavy atom. The minimum Gasteiger partial charge on any atom is -0.480 e. The summed E-state index contributed by atoms with van der Waals surface area (Å²) in [6.07, 6.45) is 3.03. The molecule has 1 aromatic rings. The average Bonchev–Trinajstić information content (AvgIpc) is 2.37. The van der Waals surface area contributed by atoms with E-state index in [1.54, 1.807) is 12.1 Å². The van der Waals surface area contributed by atoms with Crippen molar-refractivity contribution in [2.24, 2.45) is 0 Å². The second kappa shape index (κ2) is 6.39. The molecule has 1 N–H and O–H groups in total. The van der Waals surface area contributed by atoms with Crippen molar-refractivity contribution in [3.05, 3.63) is 36.5 Å². The summed E-state index contributed by atoms with van der Waals surface area (Å²) < 4.78 is 4.63. The van der Waals surface area contributed by atoms with Crippen LogP contribution in [0.3, 0.4) is 0 Å². The van der Waals surface area contributed by atoms with Gasteiger partial charge in [-0.3, -0.25) is 4.79 Å². The second-order valence-electron chi connectivity index (χ2n) is 3.43. The number of hydrogen-bond acceptors (Lipinski definition) is 5. The molecule has 0 spiro atoms. The quantitative estimate of drug-likeness (QED) is 0.598. The van der Waals surface area contributed by atoms with Crippen LogP contribution in [0.5, 0.6) is 0 Å². The Labute approximate surface area is 105 Å². The highest BCUT2D eigenvalue weighted by molar-refractivity contribution is 5.95. The van der Waals surface area contributed by atoms with Gasteiger partial charge in [0.1, 0.15) is 17.9 Å². The Morgan fingerprint density at radius 3 is 2.89 bits per heavy atom. The summed E-state index contributed by atoms with van der Waals surface area (Å²) in [5.41, 5.74) is 0.225. The molecule has 96 valence electrons. The molecular weight excluding hydrogens is 236 g/mol. The van der Waals surface area contributed by atoms with E-state index < -0.39 is 11.9 Å². The highest BCUT2D eigenvalue weighted by atomic mass is 16.5. The summed E-state index contributed by atoms with van der Waals surface area (Å²) in [6, 6.07) is 3.12. The van der Waals surface area contributed by atoms with Gasteiger partial charge in [0, 0.05) is 12.7 Å². The fraction of sp³-hybridized carbons (Fsp3) is 0.250. The minimum atomic E-state index is -1.02. The number of rotatable bonds is 6. The van der Waals surface area contributed by atoms with Crippen molar-refractivity contribution in [3.8, 4) is 0 Å². The van der Waals surface area contributed by atoms with Crippen molar-refractivity contribution >= 4 is 17.8 Å². The van der Waals surface area contributed by atoms with E-state index in [9.17, 15) is 9.59 Å². The lowest BCUT2D eigenvalue weighted by molar-refractivity contribution is -0.135. The minimum absolute atomic E-state index is 0.225. The van der Waals surface area contributed by atoms with E-state index >= 15 is 0 Å². The largest absolute Gasteiger partial charge is 0.480 e. The molecule has 1 rings (SSSR count). The number of pyridine rings is 1. The SMILES string of the molecule is C=CCN(CC(=O)O)c1ncccc1C(=O)OC. The van der Waals surface area contributed by atoms with Crippen LogP contribution >= 0.6 is 0 Å². The molecule has 0 saturated carbocycles. The molecule has 6 nitrogen and oxygen atoms in total. The third-order valence-electron chi connectivity index (χ3n) is 2.17. The summed E-state index contributed by atoms with van der Waals surface area (Å²) in [5, 5.41) is 8.84. The normalized spacial score (nSPS) is 9.61. The van der Waals surface area contributed by atoms with Crippen LogP contribution in [0.1, 0.15) is 10.4 Å². The highest BCUT2D eigenvalue weighted by Crippen LogP contribution is 2.17. The zero-order valence-electron chi connectivity index (χ0n) is 10.00. The van der Waals surface area contributed by atoms with Crippen LogP contribution in [-0.2, 0) is 9.53 Å². The van der Waals surface area contributed by atoms with Crippen molar-refractivity contribution in [3.63, 3.8) is 0 Å². The maximum Gasteiger partial charge on any atom is 0.341 e. The first-order valence-electron chi connectivity index (χ1n) is 5.21. The van der Waals surface area contributed by atoms with Gasteiger partial charge < -0.3 is 14.7 Å². The first-order chi connectivity index (χ1) is 8.60. The van der Waals surface area contributed by atoms with Gasteiger partial charge in [-0.2, -0.15) is 0 Å². The van der Waals surface area contributed by atoms with Gasteiger partial charge in [-0.05, 0) is 12.1 Å². The zero-order valence-corrected chi connectivity index (χ0v) is 10.00. The average molecular weight is 250 g/mol. The maximum absolute atomic E-state index is 11.6. The summed E-state index contributed by atoms with van der Waals surface area (Å²) in [4.78, 5) is 27.8. The lowest BCUT2D eigenvalue weighted by Gasteiger charge is -2.21. The topological polar surface area (TPSA) is 79.7 Å². The Bertz CT molecular complexity index is 459. The zero-order chi connectivity index (χ0) is 13.5. The predicted octanol–water partition coefficient (Wildman–Crippen LogP) is 0.945. The first kappa shape index (κ1) is 13.7. The van der Waals surface area contributed by atoms with Crippen molar-refractivity contribution in [2.45, 2.75) is 0 Å². The van der Waals surface area contributed by atoms with Crippen LogP contribution in [0.15, 0.2) is 31.0 Å². The first-order valence-corrected chi connectivity index (χ1v) is 5.21.